The number of rotatable bonds is 6. The molecule has 0 aliphatic rings. The molecule has 1 aromatic rings. The predicted octanol–water partition coefficient (Wildman–Crippen LogP) is 2.52. The second-order valence-corrected chi connectivity index (χ2v) is 5.09. The monoisotopic (exact) mass is 248 g/mol. The van der Waals surface area contributed by atoms with Crippen molar-refractivity contribution in [2.45, 2.75) is 13.5 Å². The highest BCUT2D eigenvalue weighted by Gasteiger charge is 2.22. The summed E-state index contributed by atoms with van der Waals surface area (Å²) in [6, 6.07) is 5.60. The highest BCUT2D eigenvalue weighted by atomic mass is 31.2. The van der Waals surface area contributed by atoms with Crippen LogP contribution in [0.1, 0.15) is 12.5 Å². The van der Waals surface area contributed by atoms with E-state index < -0.39 is 13.9 Å². The fourth-order valence-corrected chi connectivity index (χ4v) is 2.05. The molecular formula is C10H14FO4P. The highest BCUT2D eigenvalue weighted by Crippen LogP contribution is 2.47. The Kier molecular flexibility index (Phi) is 5.09. The number of aliphatic hydroxyl groups excluding tert-OH is 1. The standard InChI is InChI=1S/C10H14FO4P/c1-2-14-16(13,8-12)15-7-9-3-5-10(11)6-4-9/h3-6,12H,2,7-8H2,1H3. The summed E-state index contributed by atoms with van der Waals surface area (Å²) in [7, 11) is -3.42. The van der Waals surface area contributed by atoms with E-state index in [0.29, 0.717) is 5.56 Å². The van der Waals surface area contributed by atoms with Crippen molar-refractivity contribution in [1.29, 1.82) is 0 Å². The third-order valence-corrected chi connectivity index (χ3v) is 3.36. The molecule has 0 spiro atoms. The molecule has 16 heavy (non-hydrogen) atoms. The Labute approximate surface area is 93.5 Å². The number of benzene rings is 1. The van der Waals surface area contributed by atoms with Crippen LogP contribution >= 0.6 is 7.60 Å². The van der Waals surface area contributed by atoms with E-state index in [4.69, 9.17) is 14.2 Å². The third kappa shape index (κ3) is 4.02. The van der Waals surface area contributed by atoms with Crippen LogP contribution in [0.4, 0.5) is 4.39 Å². The molecule has 0 bridgehead atoms. The van der Waals surface area contributed by atoms with Crippen molar-refractivity contribution in [2.24, 2.45) is 0 Å². The maximum absolute atomic E-state index is 12.6. The van der Waals surface area contributed by atoms with Crippen LogP contribution in [0.2, 0.25) is 0 Å². The van der Waals surface area contributed by atoms with Crippen LogP contribution in [-0.4, -0.2) is 18.1 Å². The number of aliphatic hydroxyl groups is 1. The summed E-state index contributed by atoms with van der Waals surface area (Å²) in [5.74, 6) is -0.348. The van der Waals surface area contributed by atoms with Gasteiger partial charge in [-0.05, 0) is 24.6 Å². The first-order valence-electron chi connectivity index (χ1n) is 4.83. The minimum Gasteiger partial charge on any atom is -0.384 e. The lowest BCUT2D eigenvalue weighted by molar-refractivity contribution is 0.179. The first-order valence-corrected chi connectivity index (χ1v) is 6.56. The highest BCUT2D eigenvalue weighted by molar-refractivity contribution is 7.53. The van der Waals surface area contributed by atoms with Crippen molar-refractivity contribution < 1.29 is 23.1 Å². The average molecular weight is 248 g/mol. The smallest absolute Gasteiger partial charge is 0.356 e. The summed E-state index contributed by atoms with van der Waals surface area (Å²) in [4.78, 5) is 0. The molecule has 1 aromatic carbocycles. The summed E-state index contributed by atoms with van der Waals surface area (Å²) >= 11 is 0. The van der Waals surface area contributed by atoms with Gasteiger partial charge in [0, 0.05) is 0 Å². The molecule has 0 amide bonds. The second kappa shape index (κ2) is 6.11. The Morgan fingerprint density at radius 2 is 1.94 bits per heavy atom. The minimum absolute atomic E-state index is 0.0120. The largest absolute Gasteiger partial charge is 0.384 e. The Balaban J connectivity index is 2.56. The molecule has 0 aliphatic carbocycles. The van der Waals surface area contributed by atoms with E-state index in [1.165, 1.54) is 24.3 Å². The second-order valence-electron chi connectivity index (χ2n) is 3.07. The van der Waals surface area contributed by atoms with Crippen molar-refractivity contribution in [1.82, 2.24) is 0 Å². The van der Waals surface area contributed by atoms with E-state index in [-0.39, 0.29) is 19.0 Å². The lowest BCUT2D eigenvalue weighted by Gasteiger charge is -2.15. The Morgan fingerprint density at radius 3 is 2.44 bits per heavy atom. The zero-order chi connectivity index (χ0) is 12.0. The van der Waals surface area contributed by atoms with E-state index >= 15 is 0 Å². The number of hydrogen-bond acceptors (Lipinski definition) is 4. The normalized spacial score (nSPS) is 14.7. The van der Waals surface area contributed by atoms with Gasteiger partial charge in [-0.3, -0.25) is 4.57 Å². The van der Waals surface area contributed by atoms with E-state index in [1.807, 2.05) is 0 Å². The summed E-state index contributed by atoms with van der Waals surface area (Å²) in [5.41, 5.74) is 0.662. The van der Waals surface area contributed by atoms with Gasteiger partial charge in [0.2, 0.25) is 0 Å². The molecule has 0 aromatic heterocycles. The molecule has 0 radical (unpaired) electrons. The summed E-state index contributed by atoms with van der Waals surface area (Å²) < 4.78 is 34.1. The van der Waals surface area contributed by atoms with Gasteiger partial charge < -0.3 is 14.2 Å². The van der Waals surface area contributed by atoms with Gasteiger partial charge in [0.05, 0.1) is 13.2 Å². The molecule has 0 heterocycles. The summed E-state index contributed by atoms with van der Waals surface area (Å²) in [6.07, 6.45) is -0.665. The fraction of sp³-hybridized carbons (Fsp3) is 0.400. The van der Waals surface area contributed by atoms with Crippen LogP contribution in [0.3, 0.4) is 0 Å². The lowest BCUT2D eigenvalue weighted by atomic mass is 10.2. The Bertz CT molecular complexity index is 366. The van der Waals surface area contributed by atoms with Gasteiger partial charge in [0.1, 0.15) is 12.2 Å². The first-order chi connectivity index (χ1) is 7.59. The zero-order valence-electron chi connectivity index (χ0n) is 8.93. The molecule has 1 N–H and O–H groups in total. The van der Waals surface area contributed by atoms with Crippen LogP contribution in [-0.2, 0) is 20.2 Å². The maximum Gasteiger partial charge on any atom is 0.356 e. The van der Waals surface area contributed by atoms with E-state index in [9.17, 15) is 8.96 Å². The molecule has 0 saturated heterocycles. The number of halogens is 1. The van der Waals surface area contributed by atoms with Crippen molar-refractivity contribution in [3.63, 3.8) is 0 Å². The van der Waals surface area contributed by atoms with E-state index in [1.54, 1.807) is 6.92 Å². The molecule has 1 atom stereocenters. The first kappa shape index (κ1) is 13.3. The molecule has 6 heteroatoms. The van der Waals surface area contributed by atoms with E-state index in [0.717, 1.165) is 0 Å². The maximum atomic E-state index is 12.6. The average Bonchev–Trinajstić information content (AvgIpc) is 2.29. The number of hydrogen-bond donors (Lipinski definition) is 1. The summed E-state index contributed by atoms with van der Waals surface area (Å²) in [5, 5.41) is 8.87. The quantitative estimate of drug-likeness (QED) is 0.786. The van der Waals surface area contributed by atoms with Crippen LogP contribution in [0.15, 0.2) is 24.3 Å². The van der Waals surface area contributed by atoms with Gasteiger partial charge in [0.25, 0.3) is 0 Å². The Morgan fingerprint density at radius 1 is 1.31 bits per heavy atom. The van der Waals surface area contributed by atoms with Gasteiger partial charge in [-0.2, -0.15) is 0 Å². The lowest BCUT2D eigenvalue weighted by Crippen LogP contribution is -2.00. The van der Waals surface area contributed by atoms with Crippen LogP contribution in [0.25, 0.3) is 0 Å². The van der Waals surface area contributed by atoms with Crippen molar-refractivity contribution in [3.05, 3.63) is 35.6 Å². The molecule has 0 saturated carbocycles. The zero-order valence-corrected chi connectivity index (χ0v) is 9.82. The van der Waals surface area contributed by atoms with Crippen LogP contribution in [0.5, 0.6) is 0 Å². The van der Waals surface area contributed by atoms with Gasteiger partial charge in [-0.15, -0.1) is 0 Å². The molecule has 4 nitrogen and oxygen atoms in total. The van der Waals surface area contributed by atoms with Crippen LogP contribution < -0.4 is 0 Å². The topological polar surface area (TPSA) is 55.8 Å². The van der Waals surface area contributed by atoms with Gasteiger partial charge in [-0.1, -0.05) is 12.1 Å². The van der Waals surface area contributed by atoms with Crippen molar-refractivity contribution in [2.75, 3.05) is 13.0 Å². The fourth-order valence-electron chi connectivity index (χ4n) is 1.07. The molecule has 0 fully saturated rings. The predicted molar refractivity (Wildman–Crippen MR) is 57.5 cm³/mol. The van der Waals surface area contributed by atoms with Gasteiger partial charge in [0.15, 0.2) is 0 Å². The SMILES string of the molecule is CCOP(=O)(CO)OCc1ccc(F)cc1. The van der Waals surface area contributed by atoms with Gasteiger partial charge in [-0.25, -0.2) is 4.39 Å². The third-order valence-electron chi connectivity index (χ3n) is 1.84. The van der Waals surface area contributed by atoms with E-state index in [2.05, 4.69) is 0 Å². The van der Waals surface area contributed by atoms with Crippen molar-refractivity contribution in [3.8, 4) is 0 Å². The minimum atomic E-state index is -3.42. The van der Waals surface area contributed by atoms with Crippen molar-refractivity contribution >= 4 is 7.60 Å². The molecule has 1 unspecified atom stereocenters. The summed E-state index contributed by atoms with van der Waals surface area (Å²) in [6.45, 7) is 1.86. The molecule has 0 aliphatic heterocycles. The molecule has 1 rings (SSSR count). The molecule has 90 valence electrons. The van der Waals surface area contributed by atoms with Crippen LogP contribution in [0, 0.1) is 5.82 Å². The Hall–Kier alpha value is -0.740. The van der Waals surface area contributed by atoms with Gasteiger partial charge >= 0.3 is 7.60 Å². The molecular weight excluding hydrogens is 234 g/mol.